The molecule has 36 heteroatoms. The number of hydrogen-bond acceptors (Lipinski definition) is 32. The fourth-order valence-electron chi connectivity index (χ4n) is 8.16. The van der Waals surface area contributed by atoms with Gasteiger partial charge in [-0.3, -0.25) is 0 Å². The molecule has 4 aromatic rings. The topological polar surface area (TPSA) is 476 Å². The first kappa shape index (κ1) is 58.1. The Morgan fingerprint density at radius 2 is 0.558 bits per heavy atom. The average molecular weight is 1110 g/mol. The lowest BCUT2D eigenvalue weighted by Crippen LogP contribution is -2.59. The molecule has 8 heterocycles. The molecule has 0 spiro atoms. The molecule has 4 aliphatic rings. The first-order valence-corrected chi connectivity index (χ1v) is 24.1. The first-order valence-electron chi connectivity index (χ1n) is 24.1. The van der Waals surface area contributed by atoms with E-state index in [2.05, 4.69) is 41.2 Å². The van der Waals surface area contributed by atoms with Gasteiger partial charge >= 0.3 is 0 Å². The molecule has 20 atom stereocenters. The Labute approximate surface area is 435 Å². The Kier molecular flexibility index (Phi) is 19.2. The summed E-state index contributed by atoms with van der Waals surface area (Å²) in [7, 11) is 0. The molecule has 4 saturated heterocycles. The van der Waals surface area contributed by atoms with E-state index in [0.29, 0.717) is 0 Å². The summed E-state index contributed by atoms with van der Waals surface area (Å²) in [5.41, 5.74) is -0.443. The quantitative estimate of drug-likeness (QED) is 0.0310. The highest BCUT2D eigenvalue weighted by Gasteiger charge is 2.47. The van der Waals surface area contributed by atoms with Crippen molar-refractivity contribution in [1.82, 2.24) is 60.6 Å². The number of aromatic nitrogens is 12. The lowest BCUT2D eigenvalue weighted by atomic mass is 9.92. The van der Waals surface area contributed by atoms with E-state index in [-0.39, 0.29) is 75.6 Å². The van der Waals surface area contributed by atoms with Gasteiger partial charge in [-0.15, -0.1) is 20.4 Å². The third kappa shape index (κ3) is 14.1. The zero-order chi connectivity index (χ0) is 55.3. The number of aliphatic hydroxyl groups excluding tert-OH is 12. The van der Waals surface area contributed by atoms with Crippen LogP contribution in [0.2, 0.25) is 0 Å². The molecule has 0 unspecified atom stereocenters. The number of rotatable bonds is 24. The molecule has 0 amide bonds. The van der Waals surface area contributed by atoms with E-state index >= 15 is 0 Å². The van der Waals surface area contributed by atoms with Crippen LogP contribution in [0, 0.1) is 5.41 Å². The summed E-state index contributed by atoms with van der Waals surface area (Å²) < 4.78 is 46.7. The third-order valence-electron chi connectivity index (χ3n) is 12.8. The van der Waals surface area contributed by atoms with Crippen LogP contribution in [0.25, 0.3) is 0 Å². The molecule has 0 aliphatic carbocycles. The number of nitrogens with zero attached hydrogens (tertiary/aromatic N) is 12. The molecule has 4 fully saturated rings. The summed E-state index contributed by atoms with van der Waals surface area (Å²) in [5.74, 6) is 0. The summed E-state index contributed by atoms with van der Waals surface area (Å²) in [6.07, 6.45) is -22.4. The highest BCUT2D eigenvalue weighted by molar-refractivity contribution is 4.96. The van der Waals surface area contributed by atoms with E-state index in [9.17, 15) is 61.3 Å². The van der Waals surface area contributed by atoms with Gasteiger partial charge in [0.1, 0.15) is 96.0 Å². The van der Waals surface area contributed by atoms with Gasteiger partial charge in [0.05, 0.1) is 107 Å². The second-order valence-corrected chi connectivity index (χ2v) is 19.1. The zero-order valence-electron chi connectivity index (χ0n) is 41.6. The second kappa shape index (κ2) is 25.4. The van der Waals surface area contributed by atoms with Gasteiger partial charge < -0.3 is 119 Å². The minimum Gasteiger partial charge on any atom is -0.388 e. The van der Waals surface area contributed by atoms with E-state index in [4.69, 9.17) is 57.2 Å². The summed E-state index contributed by atoms with van der Waals surface area (Å²) in [5, 5.41) is 155. The summed E-state index contributed by atoms with van der Waals surface area (Å²) >= 11 is 0. The van der Waals surface area contributed by atoms with Gasteiger partial charge in [-0.1, -0.05) is 19.4 Å². The van der Waals surface area contributed by atoms with Crippen LogP contribution in [0.4, 0.5) is 0 Å². The fourth-order valence-corrected chi connectivity index (χ4v) is 8.16. The van der Waals surface area contributed by atoms with Gasteiger partial charge in [0, 0.05) is 0 Å². The van der Waals surface area contributed by atoms with Crippen LogP contribution in [0.1, 0.15) is 50.5 Å². The number of hydrogen-bond donors (Lipinski definition) is 12. The van der Waals surface area contributed by atoms with E-state index in [0.717, 1.165) is 19.4 Å². The molecule has 4 aliphatic heterocycles. The van der Waals surface area contributed by atoms with Crippen molar-refractivity contribution >= 4 is 0 Å². The lowest BCUT2D eigenvalue weighted by molar-refractivity contribution is -0.296. The Morgan fingerprint density at radius 3 is 0.766 bits per heavy atom. The van der Waals surface area contributed by atoms with Gasteiger partial charge in [0.2, 0.25) is 0 Å². The van der Waals surface area contributed by atoms with Gasteiger partial charge in [-0.05, 0) is 48.5 Å². The summed E-state index contributed by atoms with van der Waals surface area (Å²) in [6, 6.07) is 0. The van der Waals surface area contributed by atoms with Crippen molar-refractivity contribution in [3.05, 3.63) is 47.6 Å². The number of ether oxygens (including phenoxy) is 8. The number of aliphatic hydroxyl groups is 12. The van der Waals surface area contributed by atoms with Crippen LogP contribution in [0.5, 0.6) is 0 Å². The second-order valence-electron chi connectivity index (χ2n) is 19.1. The van der Waals surface area contributed by atoms with Crippen molar-refractivity contribution in [3.8, 4) is 0 Å². The highest BCUT2D eigenvalue weighted by atomic mass is 16.8. The molecule has 0 saturated carbocycles. The van der Waals surface area contributed by atoms with Gasteiger partial charge in [-0.25, -0.2) is 0 Å². The molecular formula is C41H64N12O24. The SMILES string of the molecule is C[C@@H]1O[C@@H](On2cc(COCC(COCc3cn(O[C@@H]4O[C@@H](C)[C@@H](O)[C@@H](O)[C@@H]4O)nn3)(COCc3cn(O[C@@H]4O[C@@H](C)[C@@H](O)[C@@H](O)[C@@H]4O)nn3)COCc3cn(O[C@@H]4O[C@@H](C)[C@@H](O)[C@@H](O)[C@@H]4O)nn3)nn2)[C@@H](O)[C@H](O)[C@@H]1O. The van der Waals surface area contributed by atoms with Crippen molar-refractivity contribution < 1.29 is 119 Å². The van der Waals surface area contributed by atoms with Gasteiger partial charge in [0.25, 0.3) is 25.2 Å². The zero-order valence-corrected chi connectivity index (χ0v) is 41.6. The molecule has 12 N–H and O–H groups in total. The van der Waals surface area contributed by atoms with E-state index < -0.39 is 128 Å². The maximum Gasteiger partial charge on any atom is 0.256 e. The van der Waals surface area contributed by atoms with Crippen LogP contribution in [-0.4, -0.2) is 271 Å². The Hall–Kier alpha value is -5.04. The third-order valence-corrected chi connectivity index (χ3v) is 12.8. The Bertz CT molecular complexity index is 2110. The first-order chi connectivity index (χ1) is 36.7. The van der Waals surface area contributed by atoms with Crippen LogP contribution in [-0.2, 0) is 64.3 Å². The van der Waals surface area contributed by atoms with Crippen LogP contribution >= 0.6 is 0 Å². The molecule has 0 aromatic carbocycles. The van der Waals surface area contributed by atoms with Gasteiger partial charge in [-0.2, -0.15) is 0 Å². The highest BCUT2D eigenvalue weighted by Crippen LogP contribution is 2.26. The molecule has 77 heavy (non-hydrogen) atoms. The smallest absolute Gasteiger partial charge is 0.256 e. The van der Waals surface area contributed by atoms with E-state index in [1.165, 1.54) is 52.5 Å². The van der Waals surface area contributed by atoms with Crippen molar-refractivity contribution in [2.24, 2.45) is 5.41 Å². The van der Waals surface area contributed by atoms with Crippen LogP contribution in [0.15, 0.2) is 24.8 Å². The molecular weight excluding hydrogens is 1040 g/mol. The normalized spacial score (nSPS) is 35.9. The van der Waals surface area contributed by atoms with Gasteiger partial charge in [0.15, 0.2) is 0 Å². The van der Waals surface area contributed by atoms with Crippen LogP contribution in [0.3, 0.4) is 0 Å². The van der Waals surface area contributed by atoms with Crippen molar-refractivity contribution in [2.75, 3.05) is 26.4 Å². The maximum atomic E-state index is 10.4. The Balaban J connectivity index is 0.972. The monoisotopic (exact) mass is 1110 g/mol. The average Bonchev–Trinajstić information content (AvgIpc) is 4.25. The molecule has 0 radical (unpaired) electrons. The van der Waals surface area contributed by atoms with E-state index in [1.54, 1.807) is 0 Å². The predicted molar refractivity (Wildman–Crippen MR) is 237 cm³/mol. The maximum absolute atomic E-state index is 10.4. The molecule has 8 rings (SSSR count). The van der Waals surface area contributed by atoms with Crippen LogP contribution < -0.4 is 19.4 Å². The standard InChI is InChI=1S/C41H64N12O24/c1-17-25(54)29(58)33(62)37(70-17)74-50-5-21(42-46-50)9-66-13-41(14-67-10-22-6-51(47-43-22)75-38-34(63)30(59)26(55)18(2)71-38,15-68-11-23-7-52(48-44-23)76-39-35(64)31(60)27(56)19(3)72-39)16-69-12-24-8-53(49-45-24)77-40-36(65)32(61)28(57)20(4)73-40/h5-8,17-20,25-40,54-65H,9-16H2,1-4H3/t17-,18-,19-,20-,25+,26+,27+,28+,29+,30+,31+,32+,33-,34-,35-,36-,37-,38-,39-,40-/m0/s1. The minimum atomic E-state index is -1.64. The summed E-state index contributed by atoms with van der Waals surface area (Å²) in [6.45, 7) is 4.15. The molecule has 0 bridgehead atoms. The van der Waals surface area contributed by atoms with Crippen molar-refractivity contribution in [2.45, 2.75) is 177 Å². The van der Waals surface area contributed by atoms with E-state index in [1.807, 2.05) is 0 Å². The predicted octanol–water partition coefficient (Wildman–Crippen LogP) is -9.77. The largest absolute Gasteiger partial charge is 0.388 e. The van der Waals surface area contributed by atoms with Crippen molar-refractivity contribution in [1.29, 1.82) is 0 Å². The lowest BCUT2D eigenvalue weighted by Gasteiger charge is -2.38. The fraction of sp³-hybridized carbons (Fsp3) is 0.805. The molecule has 36 nitrogen and oxygen atoms in total. The molecule has 432 valence electrons. The summed E-state index contributed by atoms with van der Waals surface area (Å²) in [4.78, 5) is 25.7. The molecule has 4 aromatic heterocycles. The minimum absolute atomic E-state index is 0.209. The van der Waals surface area contributed by atoms with Crippen molar-refractivity contribution in [3.63, 3.8) is 0 Å². The Morgan fingerprint density at radius 1 is 0.351 bits per heavy atom.